The van der Waals surface area contributed by atoms with Crippen LogP contribution in [0.1, 0.15) is 41.8 Å². The minimum atomic E-state index is 0.243. The highest BCUT2D eigenvalue weighted by molar-refractivity contribution is 5.63. The molecule has 2 heterocycles. The fourth-order valence-electron chi connectivity index (χ4n) is 5.17. The lowest BCUT2D eigenvalue weighted by Gasteiger charge is -2.40. The van der Waals surface area contributed by atoms with Crippen LogP contribution in [0.25, 0.3) is 6.08 Å². The average Bonchev–Trinajstić information content (AvgIpc) is 2.74. The number of benzene rings is 1. The molecule has 2 aromatic rings. The molecule has 0 radical (unpaired) electrons. The third kappa shape index (κ3) is 3.81. The average molecular weight is 402 g/mol. The van der Waals surface area contributed by atoms with Gasteiger partial charge in [-0.25, -0.2) is 9.97 Å². The predicted molar refractivity (Wildman–Crippen MR) is 122 cm³/mol. The molecular formula is C26H31N3O. The molecule has 1 aromatic heterocycles. The van der Waals surface area contributed by atoms with Gasteiger partial charge in [-0.1, -0.05) is 50.3 Å². The van der Waals surface area contributed by atoms with Crippen molar-refractivity contribution < 1.29 is 4.74 Å². The molecule has 1 aromatic carbocycles. The van der Waals surface area contributed by atoms with E-state index in [1.807, 2.05) is 0 Å². The lowest BCUT2D eigenvalue weighted by molar-refractivity contribution is 0.122. The molecule has 4 heteroatoms. The number of hydrogen-bond donors (Lipinski definition) is 0. The van der Waals surface area contributed by atoms with Gasteiger partial charge in [0.1, 0.15) is 12.1 Å². The third-order valence-electron chi connectivity index (χ3n) is 7.09. The maximum absolute atomic E-state index is 5.48. The first-order chi connectivity index (χ1) is 14.5. The second kappa shape index (κ2) is 7.66. The minimum Gasteiger partial charge on any atom is -0.378 e. The molecular weight excluding hydrogens is 370 g/mol. The van der Waals surface area contributed by atoms with Crippen molar-refractivity contribution in [2.45, 2.75) is 39.5 Å². The predicted octanol–water partition coefficient (Wildman–Crippen LogP) is 4.42. The molecule has 2 aliphatic carbocycles. The van der Waals surface area contributed by atoms with E-state index in [2.05, 4.69) is 65.6 Å². The number of morpholine rings is 1. The first-order valence-corrected chi connectivity index (χ1v) is 11.1. The fraction of sp³-hybridized carbons (Fsp3) is 0.462. The van der Waals surface area contributed by atoms with E-state index in [0.717, 1.165) is 63.5 Å². The molecule has 0 amide bonds. The van der Waals surface area contributed by atoms with Crippen LogP contribution in [0, 0.1) is 11.3 Å². The zero-order chi connectivity index (χ0) is 20.7. The summed E-state index contributed by atoms with van der Waals surface area (Å²) < 4.78 is 5.48. The van der Waals surface area contributed by atoms with E-state index in [-0.39, 0.29) is 5.41 Å². The van der Waals surface area contributed by atoms with E-state index < -0.39 is 0 Å². The number of anilines is 1. The summed E-state index contributed by atoms with van der Waals surface area (Å²) in [6.45, 7) is 12.3. The molecule has 5 rings (SSSR count). The van der Waals surface area contributed by atoms with E-state index >= 15 is 0 Å². The molecule has 30 heavy (non-hydrogen) atoms. The van der Waals surface area contributed by atoms with Gasteiger partial charge in [0.05, 0.1) is 13.2 Å². The summed E-state index contributed by atoms with van der Waals surface area (Å²) in [5.41, 5.74) is 8.44. The van der Waals surface area contributed by atoms with Crippen LogP contribution in [0.2, 0.25) is 0 Å². The minimum absolute atomic E-state index is 0.243. The number of fused-ring (bicyclic) bond motifs is 2. The third-order valence-corrected chi connectivity index (χ3v) is 7.09. The fourth-order valence-corrected chi connectivity index (χ4v) is 5.17. The topological polar surface area (TPSA) is 38.2 Å². The quantitative estimate of drug-likeness (QED) is 0.763. The van der Waals surface area contributed by atoms with E-state index in [1.54, 1.807) is 6.33 Å². The van der Waals surface area contributed by atoms with Gasteiger partial charge in [-0.2, -0.15) is 0 Å². The molecule has 156 valence electrons. The second-order valence-corrected chi connectivity index (χ2v) is 9.73. The van der Waals surface area contributed by atoms with Crippen molar-refractivity contribution in [2.24, 2.45) is 11.3 Å². The lowest BCUT2D eigenvalue weighted by atomic mass is 9.64. The Morgan fingerprint density at radius 1 is 1.07 bits per heavy atom. The van der Waals surface area contributed by atoms with Crippen LogP contribution in [0.3, 0.4) is 0 Å². The van der Waals surface area contributed by atoms with Gasteiger partial charge >= 0.3 is 0 Å². The molecule has 0 N–H and O–H groups in total. The van der Waals surface area contributed by atoms with Crippen LogP contribution < -0.4 is 4.90 Å². The Labute approximate surface area is 179 Å². The first-order valence-electron chi connectivity index (χ1n) is 11.1. The van der Waals surface area contributed by atoms with Crippen molar-refractivity contribution in [2.75, 3.05) is 31.2 Å². The van der Waals surface area contributed by atoms with Crippen LogP contribution in [-0.4, -0.2) is 36.3 Å². The van der Waals surface area contributed by atoms with Gasteiger partial charge in [0.2, 0.25) is 0 Å². The monoisotopic (exact) mass is 401 g/mol. The van der Waals surface area contributed by atoms with Crippen molar-refractivity contribution in [3.63, 3.8) is 0 Å². The summed E-state index contributed by atoms with van der Waals surface area (Å²) in [7, 11) is 0. The van der Waals surface area contributed by atoms with Gasteiger partial charge in [-0.15, -0.1) is 0 Å². The standard InChI is InChI=1S/C26H31N3O/c1-18-4-5-19-11-21-13-23(26(2,3)16-22(21)12-20(19)10-18)14-24-15-25(28-17-27-24)29-6-8-30-9-7-29/h4-5,11-12,15,17,23H,1,6-10,13-14,16H2,2-3H3. The summed E-state index contributed by atoms with van der Waals surface area (Å²) in [5.74, 6) is 1.61. The van der Waals surface area contributed by atoms with E-state index in [4.69, 9.17) is 4.74 Å². The highest BCUT2D eigenvalue weighted by Crippen LogP contribution is 2.42. The molecule has 4 nitrogen and oxygen atoms in total. The molecule has 1 aliphatic heterocycles. The Morgan fingerprint density at radius 2 is 1.90 bits per heavy atom. The van der Waals surface area contributed by atoms with E-state index in [1.165, 1.54) is 27.8 Å². The number of rotatable bonds is 3. The molecule has 1 unspecified atom stereocenters. The Bertz CT molecular complexity index is 1000. The normalized spacial score (nSPS) is 22.5. The van der Waals surface area contributed by atoms with Gasteiger partial charge in [-0.3, -0.25) is 0 Å². The summed E-state index contributed by atoms with van der Waals surface area (Å²) in [5, 5.41) is 0. The van der Waals surface area contributed by atoms with Crippen molar-refractivity contribution in [3.05, 3.63) is 70.7 Å². The van der Waals surface area contributed by atoms with Gasteiger partial charge < -0.3 is 9.64 Å². The number of nitrogens with zero attached hydrogens (tertiary/aromatic N) is 3. The maximum Gasteiger partial charge on any atom is 0.132 e. The van der Waals surface area contributed by atoms with Crippen LogP contribution >= 0.6 is 0 Å². The smallest absolute Gasteiger partial charge is 0.132 e. The Kier molecular flexibility index (Phi) is 4.98. The van der Waals surface area contributed by atoms with Crippen molar-refractivity contribution in [1.29, 1.82) is 0 Å². The zero-order valence-corrected chi connectivity index (χ0v) is 18.2. The van der Waals surface area contributed by atoms with Gasteiger partial charge in [-0.05, 0) is 59.3 Å². The van der Waals surface area contributed by atoms with Crippen molar-refractivity contribution in [3.8, 4) is 0 Å². The van der Waals surface area contributed by atoms with Gasteiger partial charge in [0.25, 0.3) is 0 Å². The molecule has 3 aliphatic rings. The number of aromatic nitrogens is 2. The number of hydrogen-bond acceptors (Lipinski definition) is 4. The lowest BCUT2D eigenvalue weighted by Crippen LogP contribution is -2.37. The zero-order valence-electron chi connectivity index (χ0n) is 18.2. The van der Waals surface area contributed by atoms with Crippen molar-refractivity contribution >= 4 is 11.9 Å². The Hall–Kier alpha value is -2.46. The molecule has 0 spiro atoms. The second-order valence-electron chi connectivity index (χ2n) is 9.73. The van der Waals surface area contributed by atoms with E-state index in [9.17, 15) is 0 Å². The molecule has 1 fully saturated rings. The summed E-state index contributed by atoms with van der Waals surface area (Å²) >= 11 is 0. The summed E-state index contributed by atoms with van der Waals surface area (Å²) in [4.78, 5) is 11.5. The molecule has 1 atom stereocenters. The first kappa shape index (κ1) is 19.5. The number of allylic oxidation sites excluding steroid dienone is 2. The summed E-state index contributed by atoms with van der Waals surface area (Å²) in [6, 6.07) is 7.06. The Balaban J connectivity index is 1.39. The highest BCUT2D eigenvalue weighted by atomic mass is 16.5. The number of ether oxygens (including phenoxy) is 1. The summed E-state index contributed by atoms with van der Waals surface area (Å²) in [6.07, 6.45) is 10.3. The van der Waals surface area contributed by atoms with Gasteiger partial charge in [0, 0.05) is 24.8 Å². The molecule has 0 bridgehead atoms. The van der Waals surface area contributed by atoms with Crippen LogP contribution in [-0.2, 0) is 30.4 Å². The Morgan fingerprint density at radius 3 is 2.73 bits per heavy atom. The SMILES string of the molecule is C=C1C=Cc2cc3c(cc2C1)CC(C)(C)C(Cc1cc(N2CCOCC2)ncn1)C3. The maximum atomic E-state index is 5.48. The highest BCUT2D eigenvalue weighted by Gasteiger charge is 2.36. The van der Waals surface area contributed by atoms with Gasteiger partial charge in [0.15, 0.2) is 0 Å². The molecule has 1 saturated heterocycles. The van der Waals surface area contributed by atoms with Crippen LogP contribution in [0.5, 0.6) is 0 Å². The van der Waals surface area contributed by atoms with Crippen LogP contribution in [0.15, 0.2) is 42.8 Å². The largest absolute Gasteiger partial charge is 0.378 e. The molecule has 0 saturated carbocycles. The van der Waals surface area contributed by atoms with Crippen LogP contribution in [0.4, 0.5) is 5.82 Å². The van der Waals surface area contributed by atoms with E-state index in [0.29, 0.717) is 5.92 Å². The van der Waals surface area contributed by atoms with Crippen molar-refractivity contribution in [1.82, 2.24) is 9.97 Å².